The molecule has 1 atom stereocenters. The summed E-state index contributed by atoms with van der Waals surface area (Å²) in [6, 6.07) is 2.57. The largest absolute Gasteiger partial charge is 0.511 e. The van der Waals surface area contributed by atoms with Crippen LogP contribution in [0.15, 0.2) is 36.4 Å². The molecule has 9 heteroatoms. The minimum atomic E-state index is -4.04. The van der Waals surface area contributed by atoms with Gasteiger partial charge in [0.2, 0.25) is 5.44 Å². The summed E-state index contributed by atoms with van der Waals surface area (Å²) in [5, 5.41) is 9.89. The summed E-state index contributed by atoms with van der Waals surface area (Å²) >= 11 is 0. The van der Waals surface area contributed by atoms with Gasteiger partial charge in [-0.15, -0.1) is 4.72 Å². The molecule has 1 aliphatic rings. The third kappa shape index (κ3) is 4.04. The minimum absolute atomic E-state index is 0.00362. The Morgan fingerprint density at radius 2 is 1.96 bits per heavy atom. The van der Waals surface area contributed by atoms with Crippen LogP contribution in [-0.4, -0.2) is 44.7 Å². The quantitative estimate of drug-likeness (QED) is 0.754. The fraction of sp³-hybridized carbons (Fsp3) is 0.467. The highest BCUT2D eigenvalue weighted by Gasteiger charge is 2.40. The van der Waals surface area contributed by atoms with E-state index >= 15 is 0 Å². The summed E-state index contributed by atoms with van der Waals surface area (Å²) < 4.78 is 32.8. The normalized spacial score (nSPS) is 17.9. The molecule has 1 aliphatic heterocycles. The van der Waals surface area contributed by atoms with E-state index in [0.29, 0.717) is 5.57 Å². The third-order valence-corrected chi connectivity index (χ3v) is 5.10. The second kappa shape index (κ2) is 6.40. The van der Waals surface area contributed by atoms with Crippen LogP contribution in [-0.2, 0) is 14.8 Å². The first kappa shape index (κ1) is 18.2. The van der Waals surface area contributed by atoms with E-state index in [-0.39, 0.29) is 6.42 Å². The van der Waals surface area contributed by atoms with Crippen LogP contribution in [0, 0.1) is 0 Å². The van der Waals surface area contributed by atoms with Crippen molar-refractivity contribution in [1.82, 2.24) is 4.72 Å². The molecular formula is C15H22N3O5S+. The van der Waals surface area contributed by atoms with Gasteiger partial charge in [-0.05, 0) is 13.8 Å². The monoisotopic (exact) mass is 356 g/mol. The predicted octanol–water partition coefficient (Wildman–Crippen LogP) is 0.329. The minimum Gasteiger partial charge on any atom is -0.478 e. The van der Waals surface area contributed by atoms with E-state index < -0.39 is 27.1 Å². The van der Waals surface area contributed by atoms with Crippen LogP contribution < -0.4 is 14.2 Å². The molecule has 8 nitrogen and oxygen atoms in total. The molecule has 0 radical (unpaired) electrons. The van der Waals surface area contributed by atoms with Crippen LogP contribution in [0.25, 0.3) is 0 Å². The SMILES string of the molecule is CN(C)c1cc[n+](C(=O)NS(=O)(=O)C2CC(C(C)(C)O)=CO2)cc1. The van der Waals surface area contributed by atoms with Crippen LogP contribution in [0.3, 0.4) is 0 Å². The van der Waals surface area contributed by atoms with Gasteiger partial charge in [0, 0.05) is 43.9 Å². The fourth-order valence-electron chi connectivity index (χ4n) is 2.10. The summed E-state index contributed by atoms with van der Waals surface area (Å²) in [6.07, 6.45) is 4.16. The molecule has 0 aliphatic carbocycles. The van der Waals surface area contributed by atoms with E-state index in [1.807, 2.05) is 23.7 Å². The average Bonchev–Trinajstić information content (AvgIpc) is 2.97. The zero-order valence-corrected chi connectivity index (χ0v) is 14.9. The van der Waals surface area contributed by atoms with Gasteiger partial charge in [-0.25, -0.2) is 0 Å². The molecule has 0 saturated heterocycles. The predicted molar refractivity (Wildman–Crippen MR) is 87.7 cm³/mol. The summed E-state index contributed by atoms with van der Waals surface area (Å²) in [5.74, 6) is 0. The maximum atomic E-state index is 12.3. The number of nitrogens with one attached hydrogen (secondary N) is 1. The number of carbonyl (C=O) groups is 1. The first-order valence-corrected chi connectivity index (χ1v) is 8.87. The Morgan fingerprint density at radius 1 is 1.38 bits per heavy atom. The first-order valence-electron chi connectivity index (χ1n) is 7.32. The van der Waals surface area contributed by atoms with Crippen LogP contribution >= 0.6 is 0 Å². The molecule has 2 N–H and O–H groups in total. The topological polar surface area (TPSA) is 99.8 Å². The van der Waals surface area contributed by atoms with E-state index in [0.717, 1.165) is 10.3 Å². The molecule has 132 valence electrons. The Bertz CT molecular complexity index is 748. The Labute approximate surface area is 141 Å². The van der Waals surface area contributed by atoms with Gasteiger partial charge in [-0.1, -0.05) is 0 Å². The zero-order valence-electron chi connectivity index (χ0n) is 14.1. The van der Waals surface area contributed by atoms with Crippen molar-refractivity contribution in [2.75, 3.05) is 19.0 Å². The van der Waals surface area contributed by atoms with Gasteiger partial charge < -0.3 is 14.7 Å². The summed E-state index contributed by atoms with van der Waals surface area (Å²) in [4.78, 5) is 14.0. The molecule has 0 spiro atoms. The van der Waals surface area contributed by atoms with Crippen molar-refractivity contribution in [3.63, 3.8) is 0 Å². The molecule has 0 fully saturated rings. The molecule has 1 amide bonds. The lowest BCUT2D eigenvalue weighted by molar-refractivity contribution is -0.570. The van der Waals surface area contributed by atoms with Crippen LogP contribution in [0.5, 0.6) is 0 Å². The number of pyridine rings is 1. The van der Waals surface area contributed by atoms with Gasteiger partial charge >= 0.3 is 16.1 Å². The van der Waals surface area contributed by atoms with E-state index in [1.165, 1.54) is 32.5 Å². The molecule has 0 saturated carbocycles. The highest BCUT2D eigenvalue weighted by Crippen LogP contribution is 2.29. The van der Waals surface area contributed by atoms with Crippen molar-refractivity contribution in [2.24, 2.45) is 0 Å². The van der Waals surface area contributed by atoms with Gasteiger partial charge in [0.05, 0.1) is 11.9 Å². The van der Waals surface area contributed by atoms with Crippen molar-refractivity contribution in [3.8, 4) is 0 Å². The third-order valence-electron chi connectivity index (χ3n) is 3.67. The van der Waals surface area contributed by atoms with Crippen LogP contribution in [0.1, 0.15) is 20.3 Å². The number of hydrogen-bond donors (Lipinski definition) is 2. The lowest BCUT2D eigenvalue weighted by Crippen LogP contribution is -2.53. The Morgan fingerprint density at radius 3 is 2.42 bits per heavy atom. The molecular weight excluding hydrogens is 334 g/mol. The molecule has 2 rings (SSSR count). The number of amides is 1. The van der Waals surface area contributed by atoms with Crippen molar-refractivity contribution < 1.29 is 27.6 Å². The highest BCUT2D eigenvalue weighted by molar-refractivity contribution is 7.90. The van der Waals surface area contributed by atoms with Gasteiger partial charge in [0.1, 0.15) is 12.4 Å². The first-order chi connectivity index (χ1) is 11.0. The molecule has 0 aromatic carbocycles. The molecule has 24 heavy (non-hydrogen) atoms. The van der Waals surface area contributed by atoms with Gasteiger partial charge in [-0.3, -0.25) is 0 Å². The Hall–Kier alpha value is -2.13. The molecule has 1 aromatic heterocycles. The average molecular weight is 356 g/mol. The van der Waals surface area contributed by atoms with Crippen molar-refractivity contribution >= 4 is 21.7 Å². The number of rotatable bonds is 4. The maximum Gasteiger partial charge on any atom is 0.511 e. The molecule has 1 aromatic rings. The van der Waals surface area contributed by atoms with E-state index in [2.05, 4.69) is 0 Å². The lowest BCUT2D eigenvalue weighted by Gasteiger charge is -2.17. The number of sulfonamides is 1. The summed E-state index contributed by atoms with van der Waals surface area (Å²) in [7, 11) is -0.331. The van der Waals surface area contributed by atoms with Gasteiger partial charge in [0.25, 0.3) is 0 Å². The number of ether oxygens (including phenoxy) is 1. The van der Waals surface area contributed by atoms with Crippen molar-refractivity contribution in [1.29, 1.82) is 0 Å². The second-order valence-corrected chi connectivity index (χ2v) is 8.10. The van der Waals surface area contributed by atoms with Crippen molar-refractivity contribution in [2.45, 2.75) is 31.3 Å². The number of aliphatic hydroxyl groups is 1. The van der Waals surface area contributed by atoms with Crippen LogP contribution in [0.2, 0.25) is 0 Å². The summed E-state index contributed by atoms with van der Waals surface area (Å²) in [5.41, 5.74) is -1.09. The maximum absolute atomic E-state index is 12.3. The fourth-order valence-corrected chi connectivity index (χ4v) is 3.18. The Balaban J connectivity index is 2.06. The smallest absolute Gasteiger partial charge is 0.478 e. The van der Waals surface area contributed by atoms with Crippen LogP contribution in [0.4, 0.5) is 10.5 Å². The number of hydrogen-bond acceptors (Lipinski definition) is 6. The van der Waals surface area contributed by atoms with E-state index in [9.17, 15) is 18.3 Å². The Kier molecular flexibility index (Phi) is 4.86. The van der Waals surface area contributed by atoms with E-state index in [1.54, 1.807) is 12.1 Å². The van der Waals surface area contributed by atoms with Crippen molar-refractivity contribution in [3.05, 3.63) is 36.4 Å². The van der Waals surface area contributed by atoms with Gasteiger partial charge in [-0.2, -0.15) is 17.8 Å². The molecule has 2 heterocycles. The number of anilines is 1. The number of nitrogens with zero attached hydrogens (tertiary/aromatic N) is 2. The zero-order chi connectivity index (χ0) is 18.1. The lowest BCUT2D eigenvalue weighted by atomic mass is 9.98. The second-order valence-electron chi connectivity index (χ2n) is 6.28. The van der Waals surface area contributed by atoms with Gasteiger partial charge in [0.15, 0.2) is 0 Å². The number of aromatic nitrogens is 1. The van der Waals surface area contributed by atoms with E-state index in [4.69, 9.17) is 4.74 Å². The molecule has 0 bridgehead atoms. The number of carbonyl (C=O) groups excluding carboxylic acids is 1. The highest BCUT2D eigenvalue weighted by atomic mass is 32.2. The molecule has 1 unspecified atom stereocenters. The summed E-state index contributed by atoms with van der Waals surface area (Å²) in [6.45, 7) is 3.08. The standard InChI is InChI=1S/C15H21N3O5S/c1-15(2,20)11-9-13(23-10-11)24(21,22)16-14(19)18-7-5-12(6-8-18)17(3)4/h5-8,10,13,20H,9H2,1-4H3/p+1.